The van der Waals surface area contributed by atoms with Gasteiger partial charge in [-0.2, -0.15) is 0 Å². The number of hydrogen-bond donors (Lipinski definition) is 4. The predicted molar refractivity (Wildman–Crippen MR) is 411 cm³/mol. The molecule has 8 aromatic carbocycles. The molecule has 2 aromatic heterocycles. The summed E-state index contributed by atoms with van der Waals surface area (Å²) in [5.74, 6) is 0. The average Bonchev–Trinajstić information content (AvgIpc) is 1.03. The number of aromatic nitrogens is 4. The Kier molecular flexibility index (Phi) is 29.6. The van der Waals surface area contributed by atoms with Crippen molar-refractivity contribution in [2.75, 3.05) is 13.2 Å². The van der Waals surface area contributed by atoms with E-state index in [2.05, 4.69) is 19.4 Å². The van der Waals surface area contributed by atoms with Gasteiger partial charge < -0.3 is 48.1 Å². The molecule has 576 valence electrons. The lowest BCUT2D eigenvalue weighted by atomic mass is 9.80. The number of rotatable bonds is 20. The minimum atomic E-state index is -2.24. The Morgan fingerprint density at radius 3 is 1.18 bits per heavy atom. The molecule has 2 fully saturated rings. The molecule has 0 aliphatic carbocycles. The summed E-state index contributed by atoms with van der Waals surface area (Å²) in [5, 5.41) is 41.5. The molecule has 0 amide bonds. The van der Waals surface area contributed by atoms with Gasteiger partial charge >= 0.3 is 31.6 Å². The van der Waals surface area contributed by atoms with Crippen molar-refractivity contribution in [3.8, 4) is 0 Å². The second kappa shape index (κ2) is 38.5. The molecule has 0 saturated carbocycles. The van der Waals surface area contributed by atoms with Crippen molar-refractivity contribution < 1.29 is 67.5 Å². The molecule has 6 atom stereocenters. The minimum absolute atomic E-state index is 0.000834. The van der Waals surface area contributed by atoms with Crippen molar-refractivity contribution >= 4 is 116 Å². The van der Waals surface area contributed by atoms with Crippen LogP contribution in [-0.4, -0.2) is 97.1 Å². The normalized spacial score (nSPS) is 16.8. The molecular formula is C76H66Cl8N6O20. The van der Waals surface area contributed by atoms with E-state index < -0.39 is 107 Å². The van der Waals surface area contributed by atoms with Crippen LogP contribution in [0.2, 0.25) is 10.0 Å². The summed E-state index contributed by atoms with van der Waals surface area (Å²) in [6.07, 6.45) is -4.60. The van der Waals surface area contributed by atoms with Gasteiger partial charge in [0.2, 0.25) is 0 Å². The van der Waals surface area contributed by atoms with Gasteiger partial charge in [-0.3, -0.25) is 48.9 Å². The number of hydrogen-bond acceptors (Lipinski definition) is 20. The molecule has 2 aliphatic rings. The number of nitrogens with one attached hydrogen (secondary N) is 2. The number of nitro benzene ring substituents is 2. The van der Waals surface area contributed by atoms with E-state index in [-0.39, 0.29) is 70.8 Å². The molecule has 10 aromatic rings. The van der Waals surface area contributed by atoms with Crippen LogP contribution in [0.15, 0.2) is 250 Å². The van der Waals surface area contributed by atoms with Crippen LogP contribution in [0.1, 0.15) is 80.9 Å². The molecule has 110 heavy (non-hydrogen) atoms. The molecule has 2 aliphatic heterocycles. The number of alkyl halides is 6. The molecule has 12 rings (SSSR count). The largest absolute Gasteiger partial charge is 0.515 e. The van der Waals surface area contributed by atoms with Crippen LogP contribution >= 0.6 is 92.8 Å². The van der Waals surface area contributed by atoms with Gasteiger partial charge in [-0.15, -0.1) is 0 Å². The Morgan fingerprint density at radius 1 is 0.500 bits per heavy atom. The van der Waals surface area contributed by atoms with Gasteiger partial charge in [0.15, 0.2) is 0 Å². The number of aryl methyl sites for hydroxylation is 2. The van der Waals surface area contributed by atoms with E-state index in [0.29, 0.717) is 5.56 Å². The van der Waals surface area contributed by atoms with Crippen molar-refractivity contribution in [1.29, 1.82) is 0 Å². The van der Waals surface area contributed by atoms with Crippen LogP contribution in [0.4, 0.5) is 21.0 Å². The number of para-hydroxylation sites is 2. The SMILES string of the molecule is Cc1cn([C@H]2C[C@@H](O)[C@@H](COC(c3ccccc3)(c3ccccc3)c3ccccc3)O2)c(=O)[nH]c1=O.Cc1cn([C@H]2C[C@@H](OC(=O)OCc3cccc(Cl)c3[N+](=O)[O-])[C@@H](COC(c3ccccc3)(c3ccccc3)c3ccccc3)O2)c(=O)[nH]c1=O.O=C(OC(Cl)(Cl)Cl)OC(Cl)(Cl)Cl.O=[N+]([O-])c1c(Cl)cccc1CO. The first-order valence-corrected chi connectivity index (χ1v) is 36.0. The Morgan fingerprint density at radius 2 is 0.836 bits per heavy atom. The third kappa shape index (κ3) is 21.8. The molecule has 34 heteroatoms. The van der Waals surface area contributed by atoms with Crippen molar-refractivity contribution in [2.24, 2.45) is 0 Å². The summed E-state index contributed by atoms with van der Waals surface area (Å²) in [4.78, 5) is 98.0. The van der Waals surface area contributed by atoms with Gasteiger partial charge in [0.1, 0.15) is 58.6 Å². The highest BCUT2D eigenvalue weighted by Crippen LogP contribution is 2.45. The zero-order valence-electron chi connectivity index (χ0n) is 57.7. The van der Waals surface area contributed by atoms with Crippen LogP contribution < -0.4 is 22.5 Å². The fraction of sp³-hybridized carbons (Fsp3) is 0.237. The number of aliphatic hydroxyl groups excluding tert-OH is 2. The summed E-state index contributed by atoms with van der Waals surface area (Å²) >= 11 is 41.8. The highest BCUT2D eigenvalue weighted by atomic mass is 35.6. The van der Waals surface area contributed by atoms with E-state index in [1.165, 1.54) is 51.9 Å². The number of benzene rings is 8. The van der Waals surface area contributed by atoms with Crippen LogP contribution in [-0.2, 0) is 62.3 Å². The maximum absolute atomic E-state index is 13.1. The van der Waals surface area contributed by atoms with E-state index in [1.807, 2.05) is 182 Å². The Balaban J connectivity index is 0.000000200. The number of carbonyl (C=O) groups is 2. The third-order valence-electron chi connectivity index (χ3n) is 17.0. The summed E-state index contributed by atoms with van der Waals surface area (Å²) in [6, 6.07) is 67.6. The molecule has 26 nitrogen and oxygen atoms in total. The summed E-state index contributed by atoms with van der Waals surface area (Å²) in [5.41, 5.74) is 1.38. The zero-order valence-corrected chi connectivity index (χ0v) is 63.7. The van der Waals surface area contributed by atoms with Gasteiger partial charge in [0.25, 0.3) is 22.5 Å². The Bertz CT molecular complexity index is 4820. The second-order valence-electron chi connectivity index (χ2n) is 24.1. The molecule has 0 bridgehead atoms. The van der Waals surface area contributed by atoms with Crippen LogP contribution in [0.5, 0.6) is 0 Å². The van der Waals surface area contributed by atoms with Crippen LogP contribution in [0.25, 0.3) is 0 Å². The average molecular weight is 1670 g/mol. The first-order valence-electron chi connectivity index (χ1n) is 33.0. The molecule has 0 unspecified atom stereocenters. The van der Waals surface area contributed by atoms with Gasteiger partial charge in [-0.25, -0.2) is 19.2 Å². The lowest BCUT2D eigenvalue weighted by Crippen LogP contribution is -2.39. The number of aliphatic hydroxyl groups is 2. The van der Waals surface area contributed by atoms with E-state index in [9.17, 15) is 54.1 Å². The van der Waals surface area contributed by atoms with Gasteiger partial charge in [-0.1, -0.05) is 217 Å². The predicted octanol–water partition coefficient (Wildman–Crippen LogP) is 15.5. The van der Waals surface area contributed by atoms with E-state index in [0.717, 1.165) is 33.4 Å². The Hall–Kier alpha value is -9.46. The first-order chi connectivity index (χ1) is 52.4. The monoisotopic (exact) mass is 1660 g/mol. The number of nitrogens with zero attached hydrogens (tertiary/aromatic N) is 4. The zero-order chi connectivity index (χ0) is 79.5. The lowest BCUT2D eigenvalue weighted by molar-refractivity contribution is -0.385. The Labute approximate surface area is 666 Å². The summed E-state index contributed by atoms with van der Waals surface area (Å²) in [6.45, 7) is 2.27. The van der Waals surface area contributed by atoms with Gasteiger partial charge in [-0.05, 0) is 141 Å². The number of aromatic amines is 2. The fourth-order valence-corrected chi connectivity index (χ4v) is 12.9. The number of nitro groups is 2. The minimum Gasteiger partial charge on any atom is -0.429 e. The maximum Gasteiger partial charge on any atom is 0.515 e. The molecule has 4 N–H and O–H groups in total. The van der Waals surface area contributed by atoms with Crippen molar-refractivity contribution in [1.82, 2.24) is 19.1 Å². The molecule has 0 spiro atoms. The fourth-order valence-electron chi connectivity index (χ4n) is 12.0. The smallest absolute Gasteiger partial charge is 0.429 e. The third-order valence-corrected chi connectivity index (χ3v) is 18.0. The van der Waals surface area contributed by atoms with Crippen molar-refractivity contribution in [3.63, 3.8) is 0 Å². The summed E-state index contributed by atoms with van der Waals surface area (Å²) in [7, 11) is 0. The van der Waals surface area contributed by atoms with Crippen molar-refractivity contribution in [2.45, 2.75) is 95.9 Å². The van der Waals surface area contributed by atoms with Crippen molar-refractivity contribution in [3.05, 3.63) is 358 Å². The number of carbonyl (C=O) groups excluding carboxylic acids is 2. The number of halogens is 8. The number of H-pyrrole nitrogens is 2. The summed E-state index contributed by atoms with van der Waals surface area (Å²) < 4.78 is 43.3. The number of ether oxygens (including phenoxy) is 8. The van der Waals surface area contributed by atoms with Crippen LogP contribution in [0.3, 0.4) is 0 Å². The topological polar surface area (TPSA) is 344 Å². The second-order valence-corrected chi connectivity index (χ2v) is 29.3. The molecule has 4 heterocycles. The van der Waals surface area contributed by atoms with E-state index in [1.54, 1.807) is 19.9 Å². The highest BCUT2D eigenvalue weighted by Gasteiger charge is 2.46. The standard InChI is InChI=1S/C37H32ClN3O9.C29H28N2O5.C7H6ClNO3.C3Cl6O3/c1-24-21-40(35(43)39-34(24)42)32-20-30(50-36(44)47-22-25-12-11-19-29(38)33(25)41(45)46)31(49-32)23-48-37(26-13-5-2-6-14-26,27-15-7-3-8-16-27)28-17-9-4-10-18-28;1-20-18-31(28(34)30-27(20)33)26-17-24(32)25(36-26)19-35-29(21-11-5-2-6-12-21,22-13-7-3-8-14-22)23-15-9-4-10-16-23;8-6-3-1-2-5(4-10)7(6)9(11)12;4-2(5,6)11-1(10)12-3(7,8)9/h2-19,21,30-32H,20,22-23H2,1H3,(H,39,42,43);2-16,18,24-26,32H,17,19H2,1H3,(H,30,33,34);1-3,10H,4H2;/t30-,31-,32-;24-,25-,26-;;/m11../s1. The molecular weight excluding hydrogens is 1600 g/mol. The first kappa shape index (κ1) is 84.6. The molecule has 0 radical (unpaired) electrons. The molecule has 2 saturated heterocycles. The van der Waals surface area contributed by atoms with E-state index in [4.69, 9.17) is 126 Å². The van der Waals surface area contributed by atoms with Gasteiger partial charge in [0, 0.05) is 36.4 Å². The highest BCUT2D eigenvalue weighted by molar-refractivity contribution is 6.67. The maximum atomic E-state index is 13.1. The lowest BCUT2D eigenvalue weighted by Gasteiger charge is -2.37. The quantitative estimate of drug-likeness (QED) is 0.0181. The van der Waals surface area contributed by atoms with Crippen LogP contribution in [0, 0.1) is 34.1 Å². The van der Waals surface area contributed by atoms with Gasteiger partial charge in [0.05, 0.1) is 46.9 Å². The van der Waals surface area contributed by atoms with E-state index >= 15 is 0 Å².